The van der Waals surface area contributed by atoms with Crippen LogP contribution in [0.5, 0.6) is 5.75 Å². The summed E-state index contributed by atoms with van der Waals surface area (Å²) in [4.78, 5) is 0. The number of halogens is 1. The number of rotatable bonds is 3. The lowest BCUT2D eigenvalue weighted by atomic mass is 10.3. The van der Waals surface area contributed by atoms with Crippen molar-refractivity contribution in [3.63, 3.8) is 0 Å². The molecule has 0 saturated heterocycles. The first-order valence-corrected chi connectivity index (χ1v) is 5.87. The summed E-state index contributed by atoms with van der Waals surface area (Å²) in [5.41, 5.74) is 0. The van der Waals surface area contributed by atoms with Crippen LogP contribution in [0.1, 0.15) is 0 Å². The van der Waals surface area contributed by atoms with Gasteiger partial charge in [-0.15, -0.1) is 0 Å². The molecule has 66 valence electrons. The van der Waals surface area contributed by atoms with Crippen molar-refractivity contribution in [1.29, 1.82) is 0 Å². The van der Waals surface area contributed by atoms with E-state index in [1.54, 1.807) is 30.3 Å². The molecule has 0 N–H and O–H groups in total. The van der Waals surface area contributed by atoms with E-state index in [0.717, 1.165) is 0 Å². The molecule has 0 saturated carbocycles. The molecule has 0 bridgehead atoms. The molecule has 0 unspecified atom stereocenters. The number of benzene rings is 1. The van der Waals surface area contributed by atoms with E-state index in [1.165, 1.54) is 0 Å². The normalized spacial score (nSPS) is 11.1. The molecule has 0 aliphatic rings. The fraction of sp³-hybridized carbons (Fsp3) is 0.143. The van der Waals surface area contributed by atoms with E-state index in [9.17, 15) is 8.42 Å². The third kappa shape index (κ3) is 2.83. The highest BCUT2D eigenvalue weighted by Crippen LogP contribution is 2.12. The Kier molecular flexibility index (Phi) is 3.11. The first-order valence-electron chi connectivity index (χ1n) is 3.17. The molecule has 1 aromatic rings. The molecular formula is C7H7BrO3S. The Morgan fingerprint density at radius 2 is 1.83 bits per heavy atom. The van der Waals surface area contributed by atoms with Crippen molar-refractivity contribution in [3.8, 4) is 5.75 Å². The predicted octanol–water partition coefficient (Wildman–Crippen LogP) is 1.75. The Bertz CT molecular complexity index is 333. The summed E-state index contributed by atoms with van der Waals surface area (Å²) in [7, 11) is -3.46. The van der Waals surface area contributed by atoms with Crippen LogP contribution in [-0.4, -0.2) is 13.1 Å². The van der Waals surface area contributed by atoms with Gasteiger partial charge in [-0.25, -0.2) is 0 Å². The van der Waals surface area contributed by atoms with E-state index < -0.39 is 10.1 Å². The standard InChI is InChI=1S/C7H7BrO3S/c8-6-12(9,10)11-7-4-2-1-3-5-7/h1-5H,6H2. The fourth-order valence-corrected chi connectivity index (χ4v) is 1.37. The van der Waals surface area contributed by atoms with E-state index in [1.807, 2.05) is 0 Å². The molecular weight excluding hydrogens is 244 g/mol. The fourth-order valence-electron chi connectivity index (χ4n) is 0.645. The summed E-state index contributed by atoms with van der Waals surface area (Å²) >= 11 is 2.82. The van der Waals surface area contributed by atoms with Crippen LogP contribution in [0, 0.1) is 0 Å². The zero-order valence-electron chi connectivity index (χ0n) is 6.10. The Morgan fingerprint density at radius 1 is 1.25 bits per heavy atom. The van der Waals surface area contributed by atoms with Gasteiger partial charge in [0.1, 0.15) is 10.4 Å². The second kappa shape index (κ2) is 3.91. The zero-order chi connectivity index (χ0) is 9.03. The van der Waals surface area contributed by atoms with Crippen LogP contribution in [0.2, 0.25) is 0 Å². The minimum atomic E-state index is -3.46. The van der Waals surface area contributed by atoms with Crippen molar-refractivity contribution in [1.82, 2.24) is 0 Å². The first kappa shape index (κ1) is 9.54. The summed E-state index contributed by atoms with van der Waals surface area (Å²) in [6, 6.07) is 8.37. The lowest BCUT2D eigenvalue weighted by Crippen LogP contribution is -2.09. The van der Waals surface area contributed by atoms with Crippen LogP contribution < -0.4 is 4.18 Å². The van der Waals surface area contributed by atoms with E-state index in [2.05, 4.69) is 20.1 Å². The van der Waals surface area contributed by atoms with Gasteiger partial charge in [-0.2, -0.15) is 8.42 Å². The minimum Gasteiger partial charge on any atom is -0.382 e. The topological polar surface area (TPSA) is 43.4 Å². The van der Waals surface area contributed by atoms with Crippen molar-refractivity contribution in [2.45, 2.75) is 0 Å². The molecule has 0 atom stereocenters. The van der Waals surface area contributed by atoms with Crippen molar-refractivity contribution in [3.05, 3.63) is 30.3 Å². The average Bonchev–Trinajstić information content (AvgIpc) is 2.06. The second-order valence-electron chi connectivity index (χ2n) is 2.06. The highest BCUT2D eigenvalue weighted by Gasteiger charge is 2.08. The molecule has 0 fully saturated rings. The monoisotopic (exact) mass is 250 g/mol. The van der Waals surface area contributed by atoms with Gasteiger partial charge in [0.25, 0.3) is 0 Å². The van der Waals surface area contributed by atoms with Crippen LogP contribution in [0.3, 0.4) is 0 Å². The van der Waals surface area contributed by atoms with E-state index in [4.69, 9.17) is 0 Å². The molecule has 0 aliphatic heterocycles. The van der Waals surface area contributed by atoms with Gasteiger partial charge in [0, 0.05) is 0 Å². The van der Waals surface area contributed by atoms with Gasteiger partial charge in [-0.1, -0.05) is 34.1 Å². The molecule has 5 heteroatoms. The van der Waals surface area contributed by atoms with Crippen LogP contribution >= 0.6 is 15.9 Å². The number of alkyl halides is 1. The Labute approximate surface area is 79.6 Å². The quantitative estimate of drug-likeness (QED) is 0.607. The maximum absolute atomic E-state index is 10.9. The Morgan fingerprint density at radius 3 is 2.33 bits per heavy atom. The predicted molar refractivity (Wildman–Crippen MR) is 49.8 cm³/mol. The highest BCUT2D eigenvalue weighted by molar-refractivity contribution is 9.10. The van der Waals surface area contributed by atoms with E-state index in [0.29, 0.717) is 5.75 Å². The van der Waals surface area contributed by atoms with Crippen LogP contribution in [-0.2, 0) is 10.1 Å². The third-order valence-electron chi connectivity index (χ3n) is 1.10. The Hall–Kier alpha value is -0.550. The van der Waals surface area contributed by atoms with Crippen LogP contribution in [0.15, 0.2) is 30.3 Å². The molecule has 0 radical (unpaired) electrons. The number of hydrogen-bond donors (Lipinski definition) is 0. The molecule has 1 aromatic carbocycles. The van der Waals surface area contributed by atoms with Crippen molar-refractivity contribution in [2.75, 3.05) is 4.66 Å². The highest BCUT2D eigenvalue weighted by atomic mass is 79.9. The number of para-hydroxylation sites is 1. The first-order chi connectivity index (χ1) is 5.64. The number of hydrogen-bond acceptors (Lipinski definition) is 3. The van der Waals surface area contributed by atoms with Crippen LogP contribution in [0.4, 0.5) is 0 Å². The van der Waals surface area contributed by atoms with Gasteiger partial charge in [-0.3, -0.25) is 0 Å². The molecule has 0 aromatic heterocycles. The maximum atomic E-state index is 10.9. The van der Waals surface area contributed by atoms with Gasteiger partial charge in [-0.05, 0) is 12.1 Å². The van der Waals surface area contributed by atoms with Gasteiger partial charge in [0.15, 0.2) is 0 Å². The third-order valence-corrected chi connectivity index (χ3v) is 3.50. The summed E-state index contributed by atoms with van der Waals surface area (Å²) in [6.07, 6.45) is 0. The van der Waals surface area contributed by atoms with Gasteiger partial charge in [0.2, 0.25) is 0 Å². The molecule has 0 aliphatic carbocycles. The molecule has 12 heavy (non-hydrogen) atoms. The Balaban J connectivity index is 2.78. The minimum absolute atomic E-state index is 0.200. The lowest BCUT2D eigenvalue weighted by molar-refractivity contribution is 0.492. The van der Waals surface area contributed by atoms with Gasteiger partial charge >= 0.3 is 10.1 Å². The molecule has 1 rings (SSSR count). The molecule has 0 heterocycles. The molecule has 3 nitrogen and oxygen atoms in total. The smallest absolute Gasteiger partial charge is 0.319 e. The van der Waals surface area contributed by atoms with Crippen molar-refractivity contribution in [2.24, 2.45) is 0 Å². The second-order valence-corrected chi connectivity index (χ2v) is 4.94. The summed E-state index contributed by atoms with van der Waals surface area (Å²) < 4.78 is 26.3. The summed E-state index contributed by atoms with van der Waals surface area (Å²) in [5, 5.41) is 0. The average molecular weight is 251 g/mol. The van der Waals surface area contributed by atoms with Gasteiger partial charge < -0.3 is 4.18 Å². The van der Waals surface area contributed by atoms with Crippen molar-refractivity contribution >= 4 is 26.0 Å². The van der Waals surface area contributed by atoms with Gasteiger partial charge in [0.05, 0.1) is 0 Å². The summed E-state index contributed by atoms with van der Waals surface area (Å²) in [6.45, 7) is 0. The largest absolute Gasteiger partial charge is 0.382 e. The molecule has 0 amide bonds. The zero-order valence-corrected chi connectivity index (χ0v) is 8.51. The van der Waals surface area contributed by atoms with Crippen molar-refractivity contribution < 1.29 is 12.6 Å². The maximum Gasteiger partial charge on any atom is 0.319 e. The SMILES string of the molecule is O=S(=O)(CBr)Oc1ccccc1. The van der Waals surface area contributed by atoms with E-state index >= 15 is 0 Å². The van der Waals surface area contributed by atoms with Crippen LogP contribution in [0.25, 0.3) is 0 Å². The molecule has 0 spiro atoms. The van der Waals surface area contributed by atoms with E-state index in [-0.39, 0.29) is 4.66 Å². The summed E-state index contributed by atoms with van der Waals surface area (Å²) in [5.74, 6) is 0.331. The lowest BCUT2D eigenvalue weighted by Gasteiger charge is -2.02.